The van der Waals surface area contributed by atoms with Gasteiger partial charge in [-0.15, -0.1) is 0 Å². The molecule has 0 aromatic heterocycles. The van der Waals surface area contributed by atoms with Gasteiger partial charge in [0.15, 0.2) is 6.30 Å². The summed E-state index contributed by atoms with van der Waals surface area (Å²) in [6.07, 6.45) is -1.27. The zero-order valence-corrected chi connectivity index (χ0v) is 19.5. The maximum Gasteiger partial charge on any atom is 0.350 e. The van der Waals surface area contributed by atoms with E-state index in [1.54, 1.807) is 30.3 Å². The largest absolute Gasteiger partial charge is 0.350 e. The molecule has 0 unspecified atom stereocenters. The predicted molar refractivity (Wildman–Crippen MR) is 119 cm³/mol. The highest BCUT2D eigenvalue weighted by molar-refractivity contribution is 7.89. The Kier molecular flexibility index (Phi) is 6.80. The molecule has 1 spiro atoms. The molecule has 2 amide bonds. The molecule has 1 aliphatic carbocycles. The van der Waals surface area contributed by atoms with Crippen LogP contribution in [0, 0.1) is 17.0 Å². The van der Waals surface area contributed by atoms with Crippen LogP contribution in [0.25, 0.3) is 11.1 Å². The SMILES string of the molecule is C[C@H](F)NC(=O)N1CC2(CC2)[C@H](NS(=O)(=O)C(F)F)[C@@H]1Cc1cc(F)cc(-c2ccccc2)c1F. The lowest BCUT2D eigenvalue weighted by atomic mass is 9.91. The summed E-state index contributed by atoms with van der Waals surface area (Å²) in [4.78, 5) is 13.9. The zero-order valence-electron chi connectivity index (χ0n) is 18.6. The van der Waals surface area contributed by atoms with Crippen LogP contribution >= 0.6 is 0 Å². The van der Waals surface area contributed by atoms with Crippen LogP contribution in [0.15, 0.2) is 42.5 Å². The maximum atomic E-state index is 15.5. The molecule has 1 heterocycles. The molecule has 2 aromatic carbocycles. The summed E-state index contributed by atoms with van der Waals surface area (Å²) < 4.78 is 96.0. The van der Waals surface area contributed by atoms with E-state index >= 15 is 4.39 Å². The Morgan fingerprint density at radius 2 is 1.80 bits per heavy atom. The first-order valence-corrected chi connectivity index (χ1v) is 12.5. The lowest BCUT2D eigenvalue weighted by Crippen LogP contribution is -2.53. The molecule has 2 fully saturated rings. The van der Waals surface area contributed by atoms with Crippen molar-refractivity contribution < 1.29 is 35.2 Å². The van der Waals surface area contributed by atoms with E-state index in [0.29, 0.717) is 18.4 Å². The minimum atomic E-state index is -5.06. The zero-order chi connectivity index (χ0) is 25.5. The average molecular weight is 518 g/mol. The fourth-order valence-corrected chi connectivity index (χ4v) is 5.62. The summed E-state index contributed by atoms with van der Waals surface area (Å²) in [5.41, 5.74) is -0.668. The Balaban J connectivity index is 1.75. The smallest absolute Gasteiger partial charge is 0.319 e. The summed E-state index contributed by atoms with van der Waals surface area (Å²) in [5, 5.41) is 2.06. The first kappa shape index (κ1) is 25.4. The van der Waals surface area contributed by atoms with E-state index in [0.717, 1.165) is 24.0 Å². The van der Waals surface area contributed by atoms with Gasteiger partial charge in [0.25, 0.3) is 10.0 Å². The molecule has 0 radical (unpaired) electrons. The van der Waals surface area contributed by atoms with Crippen molar-refractivity contribution in [1.29, 1.82) is 0 Å². The van der Waals surface area contributed by atoms with E-state index < -0.39 is 57.2 Å². The molecule has 2 aliphatic rings. The normalized spacial score (nSPS) is 22.0. The van der Waals surface area contributed by atoms with Crippen LogP contribution in [0.5, 0.6) is 0 Å². The van der Waals surface area contributed by atoms with Gasteiger partial charge in [-0.2, -0.15) is 8.78 Å². The summed E-state index contributed by atoms with van der Waals surface area (Å²) in [6.45, 7) is 1.03. The number of rotatable bonds is 7. The molecule has 2 N–H and O–H groups in total. The second-order valence-electron chi connectivity index (χ2n) is 9.02. The Morgan fingerprint density at radius 3 is 2.37 bits per heavy atom. The van der Waals surface area contributed by atoms with Crippen LogP contribution in [-0.2, 0) is 16.4 Å². The molecule has 4 rings (SSSR count). The van der Waals surface area contributed by atoms with E-state index in [4.69, 9.17) is 0 Å². The lowest BCUT2D eigenvalue weighted by molar-refractivity contribution is 0.172. The first-order valence-electron chi connectivity index (χ1n) is 11.0. The number of urea groups is 1. The van der Waals surface area contributed by atoms with Gasteiger partial charge >= 0.3 is 11.8 Å². The fraction of sp³-hybridized carbons (Fsp3) is 0.435. The number of alkyl halides is 3. The number of nitrogens with one attached hydrogen (secondary N) is 2. The van der Waals surface area contributed by atoms with E-state index in [1.807, 2.05) is 4.72 Å². The van der Waals surface area contributed by atoms with Gasteiger partial charge in [-0.1, -0.05) is 30.3 Å². The van der Waals surface area contributed by atoms with Gasteiger partial charge in [0.05, 0.1) is 12.1 Å². The standard InChI is InChI=1S/C23H24F5N3O3S/c1-13(24)29-22(32)31-12-23(7-8-23)20(30-35(33,34)21(27)28)18(31)10-15-9-16(25)11-17(19(15)26)14-5-3-2-4-6-14/h2-6,9,11,13,18,20-21,30H,7-8,10,12H2,1H3,(H,29,32)/t13-,18+,20-/m1/s1. The monoisotopic (exact) mass is 517 g/mol. The van der Waals surface area contributed by atoms with Gasteiger partial charge in [0, 0.05) is 17.5 Å². The maximum absolute atomic E-state index is 15.5. The Hall–Kier alpha value is -2.73. The third kappa shape index (κ3) is 5.13. The third-order valence-electron chi connectivity index (χ3n) is 6.56. The van der Waals surface area contributed by atoms with E-state index in [9.17, 15) is 30.8 Å². The molecule has 0 bridgehead atoms. The topological polar surface area (TPSA) is 78.5 Å². The number of hydrogen-bond acceptors (Lipinski definition) is 3. The number of likely N-dealkylation sites (tertiary alicyclic amines) is 1. The lowest BCUT2D eigenvalue weighted by Gasteiger charge is -2.30. The van der Waals surface area contributed by atoms with Crippen molar-refractivity contribution in [2.45, 2.75) is 50.3 Å². The number of carbonyl (C=O) groups excluding carboxylic acids is 1. The highest BCUT2D eigenvalue weighted by atomic mass is 32.2. The van der Waals surface area contributed by atoms with Crippen molar-refractivity contribution in [2.75, 3.05) is 6.54 Å². The predicted octanol–water partition coefficient (Wildman–Crippen LogP) is 4.17. The van der Waals surface area contributed by atoms with Crippen molar-refractivity contribution in [3.05, 3.63) is 59.7 Å². The number of carbonyl (C=O) groups is 1. The molecule has 6 nitrogen and oxygen atoms in total. The summed E-state index contributed by atoms with van der Waals surface area (Å²) in [7, 11) is -5.06. The van der Waals surface area contributed by atoms with E-state index in [2.05, 4.69) is 5.32 Å². The molecule has 3 atom stereocenters. The van der Waals surface area contributed by atoms with Crippen LogP contribution in [-0.4, -0.2) is 50.0 Å². The van der Waals surface area contributed by atoms with Gasteiger partial charge in [-0.05, 0) is 49.4 Å². The van der Waals surface area contributed by atoms with Gasteiger partial charge < -0.3 is 10.2 Å². The second-order valence-corrected chi connectivity index (χ2v) is 10.7. The summed E-state index contributed by atoms with van der Waals surface area (Å²) >= 11 is 0. The van der Waals surface area contributed by atoms with Crippen molar-refractivity contribution in [3.8, 4) is 11.1 Å². The molecule has 35 heavy (non-hydrogen) atoms. The van der Waals surface area contributed by atoms with Crippen molar-refractivity contribution in [2.24, 2.45) is 5.41 Å². The highest BCUT2D eigenvalue weighted by Gasteiger charge is 2.62. The first-order chi connectivity index (χ1) is 16.4. The van der Waals surface area contributed by atoms with Crippen LogP contribution in [0.2, 0.25) is 0 Å². The molecule has 12 heteroatoms. The molecule has 1 saturated carbocycles. The third-order valence-corrected chi connectivity index (χ3v) is 7.61. The van der Waals surface area contributed by atoms with Crippen molar-refractivity contribution in [1.82, 2.24) is 14.9 Å². The van der Waals surface area contributed by atoms with Crippen molar-refractivity contribution in [3.63, 3.8) is 0 Å². The van der Waals surface area contributed by atoms with Gasteiger partial charge in [0.1, 0.15) is 11.6 Å². The number of benzene rings is 2. The molecule has 2 aromatic rings. The molecular formula is C23H24F5N3O3S. The summed E-state index contributed by atoms with van der Waals surface area (Å²) in [6, 6.07) is 6.85. The molecule has 1 aliphatic heterocycles. The highest BCUT2D eigenvalue weighted by Crippen LogP contribution is 2.55. The molecule has 190 valence electrons. The van der Waals surface area contributed by atoms with Crippen LogP contribution < -0.4 is 10.0 Å². The van der Waals surface area contributed by atoms with Gasteiger partial charge in [-0.3, -0.25) is 0 Å². The van der Waals surface area contributed by atoms with Crippen LogP contribution in [0.3, 0.4) is 0 Å². The van der Waals surface area contributed by atoms with E-state index in [-0.39, 0.29) is 24.1 Å². The van der Waals surface area contributed by atoms with Crippen LogP contribution in [0.1, 0.15) is 25.3 Å². The number of nitrogens with zero attached hydrogens (tertiary/aromatic N) is 1. The Labute approximate surface area is 199 Å². The summed E-state index contributed by atoms with van der Waals surface area (Å²) in [5.74, 6) is -5.27. The van der Waals surface area contributed by atoms with Gasteiger partial charge in [0.2, 0.25) is 0 Å². The average Bonchev–Trinajstić information content (AvgIpc) is 3.51. The molecule has 1 saturated heterocycles. The Morgan fingerprint density at radius 1 is 1.14 bits per heavy atom. The number of halogens is 5. The van der Waals surface area contributed by atoms with Crippen LogP contribution in [0.4, 0.5) is 26.7 Å². The van der Waals surface area contributed by atoms with E-state index in [1.165, 1.54) is 0 Å². The minimum Gasteiger partial charge on any atom is -0.319 e. The second kappa shape index (κ2) is 9.38. The minimum absolute atomic E-state index is 0.0437. The van der Waals surface area contributed by atoms with Gasteiger partial charge in [-0.25, -0.2) is 31.1 Å². The molecular weight excluding hydrogens is 493 g/mol. The van der Waals surface area contributed by atoms with Crippen molar-refractivity contribution >= 4 is 16.1 Å². The number of hydrogen-bond donors (Lipinski definition) is 2. The number of sulfonamides is 1. The fourth-order valence-electron chi connectivity index (χ4n) is 4.76. The Bertz CT molecular complexity index is 1210. The quantitative estimate of drug-likeness (QED) is 0.428. The number of amides is 2.